The van der Waals surface area contributed by atoms with E-state index in [1.165, 1.54) is 32.1 Å². The van der Waals surface area contributed by atoms with E-state index in [1.54, 1.807) is 7.11 Å². The summed E-state index contributed by atoms with van der Waals surface area (Å²) in [5, 5.41) is 0.301. The van der Waals surface area contributed by atoms with Gasteiger partial charge in [0.2, 0.25) is 0 Å². The number of hydrogen-bond donors (Lipinski definition) is 0. The van der Waals surface area contributed by atoms with E-state index < -0.39 is 0 Å². The topological polar surface area (TPSA) is 18.5 Å². The van der Waals surface area contributed by atoms with Crippen molar-refractivity contribution in [1.29, 1.82) is 0 Å². The molecular weight excluding hydrogens is 272 g/mol. The number of hydrogen-bond acceptors (Lipinski definition) is 2. The van der Waals surface area contributed by atoms with E-state index in [0.717, 1.165) is 17.7 Å². The van der Waals surface area contributed by atoms with E-state index in [4.69, 9.17) is 21.1 Å². The lowest BCUT2D eigenvalue weighted by molar-refractivity contribution is -0.0650. The quantitative estimate of drug-likeness (QED) is 0.759. The number of halogens is 1. The maximum atomic E-state index is 6.53. The summed E-state index contributed by atoms with van der Waals surface area (Å²) in [6.07, 6.45) is 7.67. The van der Waals surface area contributed by atoms with Gasteiger partial charge in [-0.2, -0.15) is 0 Å². The lowest BCUT2D eigenvalue weighted by atomic mass is 9.58. The molecule has 2 atom stereocenters. The highest BCUT2D eigenvalue weighted by Crippen LogP contribution is 2.55. The SMILES string of the molecule is COCc1cccc(OC2CC(Cl)C23CCCCC3)c1. The molecule has 0 saturated heterocycles. The van der Waals surface area contributed by atoms with Crippen LogP contribution in [-0.4, -0.2) is 18.6 Å². The Morgan fingerprint density at radius 3 is 2.75 bits per heavy atom. The molecule has 2 aliphatic carbocycles. The van der Waals surface area contributed by atoms with E-state index >= 15 is 0 Å². The molecule has 0 N–H and O–H groups in total. The number of benzene rings is 1. The van der Waals surface area contributed by atoms with E-state index in [2.05, 4.69) is 12.1 Å². The molecule has 2 unspecified atom stereocenters. The second-order valence-corrected chi connectivity index (χ2v) is 6.71. The van der Waals surface area contributed by atoms with Gasteiger partial charge in [-0.3, -0.25) is 0 Å². The van der Waals surface area contributed by atoms with Gasteiger partial charge in [0.05, 0.1) is 6.61 Å². The Morgan fingerprint density at radius 1 is 1.25 bits per heavy atom. The third-order valence-corrected chi connectivity index (χ3v) is 5.57. The zero-order valence-electron chi connectivity index (χ0n) is 12.1. The van der Waals surface area contributed by atoms with Crippen LogP contribution in [0.15, 0.2) is 24.3 Å². The van der Waals surface area contributed by atoms with Crippen LogP contribution in [0.25, 0.3) is 0 Å². The average molecular weight is 295 g/mol. The Labute approximate surface area is 126 Å². The average Bonchev–Trinajstić information content (AvgIpc) is 2.49. The van der Waals surface area contributed by atoms with Crippen LogP contribution in [0.3, 0.4) is 0 Å². The molecule has 2 nitrogen and oxygen atoms in total. The fourth-order valence-corrected chi connectivity index (χ4v) is 4.27. The van der Waals surface area contributed by atoms with Gasteiger partial charge in [0.25, 0.3) is 0 Å². The first-order valence-corrected chi connectivity index (χ1v) is 8.07. The summed E-state index contributed by atoms with van der Waals surface area (Å²) in [7, 11) is 1.72. The summed E-state index contributed by atoms with van der Waals surface area (Å²) in [5.74, 6) is 0.957. The lowest BCUT2D eigenvalue weighted by Crippen LogP contribution is -2.58. The molecule has 0 bridgehead atoms. The van der Waals surface area contributed by atoms with Crippen molar-refractivity contribution in [3.8, 4) is 5.75 Å². The summed E-state index contributed by atoms with van der Waals surface area (Å²) in [5.41, 5.74) is 1.39. The molecule has 0 aromatic heterocycles. The Hall–Kier alpha value is -0.730. The Bertz CT molecular complexity index is 454. The fourth-order valence-electron chi connectivity index (χ4n) is 3.75. The van der Waals surface area contributed by atoms with E-state index in [-0.39, 0.29) is 5.41 Å². The minimum absolute atomic E-state index is 0.233. The molecule has 20 heavy (non-hydrogen) atoms. The van der Waals surface area contributed by atoms with Crippen molar-refractivity contribution in [1.82, 2.24) is 0 Å². The van der Waals surface area contributed by atoms with Crippen molar-refractivity contribution >= 4 is 11.6 Å². The molecule has 3 heteroatoms. The Balaban J connectivity index is 1.69. The number of rotatable bonds is 4. The first kappa shape index (κ1) is 14.2. The molecule has 0 heterocycles. The van der Waals surface area contributed by atoms with Gasteiger partial charge in [0.15, 0.2) is 0 Å². The molecule has 2 saturated carbocycles. The highest BCUT2D eigenvalue weighted by atomic mass is 35.5. The predicted molar refractivity (Wildman–Crippen MR) is 81.3 cm³/mol. The van der Waals surface area contributed by atoms with Crippen molar-refractivity contribution in [3.05, 3.63) is 29.8 Å². The van der Waals surface area contributed by atoms with Gasteiger partial charge in [-0.25, -0.2) is 0 Å². The third-order valence-electron chi connectivity index (χ3n) is 4.96. The van der Waals surface area contributed by atoms with Crippen molar-refractivity contribution in [3.63, 3.8) is 0 Å². The van der Waals surface area contributed by atoms with Crippen molar-refractivity contribution in [2.24, 2.45) is 5.41 Å². The molecule has 2 fully saturated rings. The van der Waals surface area contributed by atoms with Gasteiger partial charge < -0.3 is 9.47 Å². The van der Waals surface area contributed by atoms with Gasteiger partial charge in [0.1, 0.15) is 11.9 Å². The minimum Gasteiger partial charge on any atom is -0.490 e. The first-order valence-electron chi connectivity index (χ1n) is 7.63. The number of ether oxygens (including phenoxy) is 2. The third kappa shape index (κ3) is 2.56. The van der Waals surface area contributed by atoms with Gasteiger partial charge in [0, 0.05) is 24.3 Å². The van der Waals surface area contributed by atoms with Crippen LogP contribution in [0.5, 0.6) is 5.75 Å². The molecule has 0 radical (unpaired) electrons. The maximum absolute atomic E-state index is 6.53. The molecule has 0 aliphatic heterocycles. The van der Waals surface area contributed by atoms with Crippen molar-refractivity contribution in [2.45, 2.75) is 56.6 Å². The van der Waals surface area contributed by atoms with Gasteiger partial charge in [-0.1, -0.05) is 31.4 Å². The second-order valence-electron chi connectivity index (χ2n) is 6.18. The Morgan fingerprint density at radius 2 is 2.05 bits per heavy atom. The zero-order chi connectivity index (χ0) is 14.0. The normalized spacial score (nSPS) is 28.1. The fraction of sp³-hybridized carbons (Fsp3) is 0.647. The minimum atomic E-state index is 0.233. The molecule has 3 rings (SSSR count). The summed E-state index contributed by atoms with van der Waals surface area (Å²) in [6.45, 7) is 0.630. The van der Waals surface area contributed by atoms with Crippen LogP contribution in [-0.2, 0) is 11.3 Å². The molecule has 2 aliphatic rings. The highest BCUT2D eigenvalue weighted by molar-refractivity contribution is 6.21. The molecule has 1 spiro atoms. The molecule has 1 aromatic rings. The van der Waals surface area contributed by atoms with Gasteiger partial charge in [-0.15, -0.1) is 11.6 Å². The number of methoxy groups -OCH3 is 1. The van der Waals surface area contributed by atoms with Crippen molar-refractivity contribution < 1.29 is 9.47 Å². The standard InChI is InChI=1S/C17H23ClO2/c1-19-12-13-6-5-7-14(10-13)20-16-11-15(18)17(16)8-3-2-4-9-17/h5-7,10,15-16H,2-4,8-9,11-12H2,1H3. The van der Waals surface area contributed by atoms with Gasteiger partial charge >= 0.3 is 0 Å². The summed E-state index contributed by atoms with van der Waals surface area (Å²) in [4.78, 5) is 0. The van der Waals surface area contributed by atoms with Crippen LogP contribution >= 0.6 is 11.6 Å². The van der Waals surface area contributed by atoms with Crippen LogP contribution < -0.4 is 4.74 Å². The van der Waals surface area contributed by atoms with E-state index in [0.29, 0.717) is 18.1 Å². The monoisotopic (exact) mass is 294 g/mol. The second kappa shape index (κ2) is 5.95. The molecule has 1 aromatic carbocycles. The summed E-state index contributed by atoms with van der Waals surface area (Å²) in [6, 6.07) is 8.23. The van der Waals surface area contributed by atoms with Crippen LogP contribution in [0.1, 0.15) is 44.1 Å². The molecular formula is C17H23ClO2. The maximum Gasteiger partial charge on any atom is 0.120 e. The largest absolute Gasteiger partial charge is 0.490 e. The van der Waals surface area contributed by atoms with Crippen molar-refractivity contribution in [2.75, 3.05) is 7.11 Å². The van der Waals surface area contributed by atoms with Crippen LogP contribution in [0.2, 0.25) is 0 Å². The van der Waals surface area contributed by atoms with Crippen LogP contribution in [0, 0.1) is 5.41 Å². The highest BCUT2D eigenvalue weighted by Gasteiger charge is 2.55. The first-order chi connectivity index (χ1) is 9.74. The number of alkyl halides is 1. The predicted octanol–water partition coefficient (Wildman–Crippen LogP) is 4.54. The van der Waals surface area contributed by atoms with Gasteiger partial charge in [-0.05, 0) is 30.5 Å². The smallest absolute Gasteiger partial charge is 0.120 e. The molecule has 110 valence electrons. The molecule has 0 amide bonds. The van der Waals surface area contributed by atoms with E-state index in [9.17, 15) is 0 Å². The summed E-state index contributed by atoms with van der Waals surface area (Å²) < 4.78 is 11.4. The zero-order valence-corrected chi connectivity index (χ0v) is 12.9. The summed E-state index contributed by atoms with van der Waals surface area (Å²) >= 11 is 6.53. The Kier molecular flexibility index (Phi) is 4.23. The van der Waals surface area contributed by atoms with Crippen LogP contribution in [0.4, 0.5) is 0 Å². The van der Waals surface area contributed by atoms with E-state index in [1.807, 2.05) is 12.1 Å². The lowest BCUT2D eigenvalue weighted by Gasteiger charge is -2.55.